The lowest BCUT2D eigenvalue weighted by Crippen LogP contribution is -2.41. The van der Waals surface area contributed by atoms with Crippen LogP contribution in [0.2, 0.25) is 0 Å². The molecule has 3 amide bonds. The number of imide groups is 1. The minimum atomic E-state index is -1.05. The third kappa shape index (κ3) is 4.42. The second-order valence-electron chi connectivity index (χ2n) is 3.15. The predicted molar refractivity (Wildman–Crippen MR) is 64.0 cm³/mol. The molecule has 0 bridgehead atoms. The summed E-state index contributed by atoms with van der Waals surface area (Å²) >= 11 is 0.996. The first-order valence-electron chi connectivity index (χ1n) is 5.05. The van der Waals surface area contributed by atoms with Gasteiger partial charge >= 0.3 is 12.0 Å². The lowest BCUT2D eigenvalue weighted by molar-refractivity contribution is -0.122. The van der Waals surface area contributed by atoms with Crippen LogP contribution in [-0.2, 0) is 4.79 Å². The third-order valence-corrected chi connectivity index (χ3v) is 2.64. The maximum atomic E-state index is 11.2. The summed E-state index contributed by atoms with van der Waals surface area (Å²) in [6.07, 6.45) is 0. The number of rotatable bonds is 5. The van der Waals surface area contributed by atoms with Crippen molar-refractivity contribution < 1.29 is 24.2 Å². The molecular formula is C10H12N2O5S. The van der Waals surface area contributed by atoms with Crippen molar-refractivity contribution in [1.82, 2.24) is 10.6 Å². The zero-order valence-electron chi connectivity index (χ0n) is 9.56. The monoisotopic (exact) mass is 272 g/mol. The van der Waals surface area contributed by atoms with Gasteiger partial charge in [-0.1, -0.05) is 0 Å². The van der Waals surface area contributed by atoms with E-state index < -0.39 is 17.9 Å². The first-order valence-corrected chi connectivity index (χ1v) is 5.93. The number of nitrogens with one attached hydrogen (secondary N) is 2. The topological polar surface area (TPSA) is 105 Å². The van der Waals surface area contributed by atoms with E-state index in [0.717, 1.165) is 11.3 Å². The quantitative estimate of drug-likeness (QED) is 0.730. The van der Waals surface area contributed by atoms with Crippen LogP contribution in [0.3, 0.4) is 0 Å². The van der Waals surface area contributed by atoms with Crippen LogP contribution in [0, 0.1) is 0 Å². The van der Waals surface area contributed by atoms with E-state index in [9.17, 15) is 14.4 Å². The van der Waals surface area contributed by atoms with Crippen molar-refractivity contribution in [3.8, 4) is 5.75 Å². The summed E-state index contributed by atoms with van der Waals surface area (Å²) in [5.74, 6) is -1.38. The van der Waals surface area contributed by atoms with Crippen LogP contribution < -0.4 is 15.4 Å². The van der Waals surface area contributed by atoms with Gasteiger partial charge in [-0.05, 0) is 6.92 Å². The van der Waals surface area contributed by atoms with Crippen LogP contribution in [-0.4, -0.2) is 36.2 Å². The summed E-state index contributed by atoms with van der Waals surface area (Å²) < 4.78 is 5.03. The van der Waals surface area contributed by atoms with Crippen LogP contribution in [0.25, 0.3) is 0 Å². The number of urea groups is 1. The van der Waals surface area contributed by atoms with Crippen LogP contribution in [0.4, 0.5) is 4.79 Å². The van der Waals surface area contributed by atoms with Gasteiger partial charge in [-0.25, -0.2) is 9.59 Å². The summed E-state index contributed by atoms with van der Waals surface area (Å²) in [4.78, 5) is 32.9. The molecule has 0 fully saturated rings. The van der Waals surface area contributed by atoms with E-state index in [4.69, 9.17) is 9.84 Å². The molecule has 1 rings (SSSR count). The second-order valence-corrected chi connectivity index (χ2v) is 4.06. The molecule has 1 heterocycles. The van der Waals surface area contributed by atoms with E-state index in [0.29, 0.717) is 6.54 Å². The normalized spacial score (nSPS) is 9.61. The number of carbonyl (C=O) groups is 3. The Morgan fingerprint density at radius 2 is 2.17 bits per heavy atom. The number of aromatic carboxylic acids is 1. The van der Waals surface area contributed by atoms with Gasteiger partial charge in [0.2, 0.25) is 0 Å². The minimum Gasteiger partial charge on any atom is -0.483 e. The van der Waals surface area contributed by atoms with Gasteiger partial charge in [0, 0.05) is 18.0 Å². The Morgan fingerprint density at radius 3 is 2.72 bits per heavy atom. The van der Waals surface area contributed by atoms with Gasteiger partial charge in [0.1, 0.15) is 10.6 Å². The van der Waals surface area contributed by atoms with E-state index in [-0.39, 0.29) is 17.2 Å². The van der Waals surface area contributed by atoms with Gasteiger partial charge in [0.05, 0.1) is 0 Å². The molecule has 0 spiro atoms. The van der Waals surface area contributed by atoms with Gasteiger partial charge in [0.15, 0.2) is 6.61 Å². The number of carboxylic acids is 1. The lowest BCUT2D eigenvalue weighted by atomic mass is 10.4. The molecule has 0 saturated heterocycles. The fourth-order valence-electron chi connectivity index (χ4n) is 1.02. The van der Waals surface area contributed by atoms with Crippen molar-refractivity contribution in [2.45, 2.75) is 6.92 Å². The van der Waals surface area contributed by atoms with Crippen LogP contribution in [0.1, 0.15) is 16.6 Å². The van der Waals surface area contributed by atoms with E-state index in [1.165, 1.54) is 11.4 Å². The van der Waals surface area contributed by atoms with Gasteiger partial charge in [-0.15, -0.1) is 11.3 Å². The third-order valence-electron chi connectivity index (χ3n) is 1.75. The Labute approximate surface area is 107 Å². The van der Waals surface area contributed by atoms with Gasteiger partial charge in [-0.3, -0.25) is 10.1 Å². The summed E-state index contributed by atoms with van der Waals surface area (Å²) in [6.45, 7) is 1.78. The minimum absolute atomic E-state index is 0.120. The molecule has 0 aliphatic carbocycles. The maximum Gasteiger partial charge on any atom is 0.346 e. The van der Waals surface area contributed by atoms with E-state index >= 15 is 0 Å². The van der Waals surface area contributed by atoms with E-state index in [2.05, 4.69) is 10.6 Å². The highest BCUT2D eigenvalue weighted by Gasteiger charge is 2.10. The lowest BCUT2D eigenvalue weighted by Gasteiger charge is -2.05. The average Bonchev–Trinajstić information content (AvgIpc) is 2.75. The molecule has 0 aliphatic rings. The van der Waals surface area contributed by atoms with Crippen LogP contribution in [0.5, 0.6) is 5.75 Å². The standard InChI is InChI=1S/C10H12N2O5S/c1-2-11-10(16)12-8(13)4-17-6-3-7(9(14)15)18-5-6/h3,5H,2,4H2,1H3,(H,14,15)(H2,11,12,13,16). The summed E-state index contributed by atoms with van der Waals surface area (Å²) in [5.41, 5.74) is 0. The SMILES string of the molecule is CCNC(=O)NC(=O)COc1csc(C(=O)O)c1. The number of hydrogen-bond donors (Lipinski definition) is 3. The smallest absolute Gasteiger partial charge is 0.346 e. The first kappa shape index (κ1) is 14.0. The first-order chi connectivity index (χ1) is 8.52. The van der Waals surface area contributed by atoms with Crippen molar-refractivity contribution in [2.24, 2.45) is 0 Å². The molecular weight excluding hydrogens is 260 g/mol. The molecule has 8 heteroatoms. The molecule has 0 radical (unpaired) electrons. The van der Waals surface area contributed by atoms with Crippen LogP contribution >= 0.6 is 11.3 Å². The van der Waals surface area contributed by atoms with Crippen molar-refractivity contribution in [3.05, 3.63) is 16.3 Å². The number of hydrogen-bond acceptors (Lipinski definition) is 5. The highest BCUT2D eigenvalue weighted by atomic mass is 32.1. The Kier molecular flexibility index (Phi) is 5.12. The predicted octanol–water partition coefficient (Wildman–Crippen LogP) is 0.671. The molecule has 0 aliphatic heterocycles. The Hall–Kier alpha value is -2.09. The molecule has 7 nitrogen and oxygen atoms in total. The number of thiophene rings is 1. The zero-order valence-corrected chi connectivity index (χ0v) is 10.4. The fraction of sp³-hybridized carbons (Fsp3) is 0.300. The van der Waals surface area contributed by atoms with Gasteiger partial charge in [-0.2, -0.15) is 0 Å². The summed E-state index contributed by atoms with van der Waals surface area (Å²) in [7, 11) is 0. The van der Waals surface area contributed by atoms with E-state index in [1.54, 1.807) is 6.92 Å². The van der Waals surface area contributed by atoms with Crippen molar-refractivity contribution in [3.63, 3.8) is 0 Å². The summed E-state index contributed by atoms with van der Waals surface area (Å²) in [5, 5.41) is 14.6. The molecule has 98 valence electrons. The van der Waals surface area contributed by atoms with Crippen LogP contribution in [0.15, 0.2) is 11.4 Å². The highest BCUT2D eigenvalue weighted by Crippen LogP contribution is 2.21. The molecule has 0 saturated carbocycles. The molecule has 1 aromatic rings. The van der Waals surface area contributed by atoms with Crippen molar-refractivity contribution in [2.75, 3.05) is 13.2 Å². The molecule has 3 N–H and O–H groups in total. The van der Waals surface area contributed by atoms with Gasteiger partial charge < -0.3 is 15.2 Å². The van der Waals surface area contributed by atoms with E-state index in [1.807, 2.05) is 0 Å². The average molecular weight is 272 g/mol. The van der Waals surface area contributed by atoms with Gasteiger partial charge in [0.25, 0.3) is 5.91 Å². The highest BCUT2D eigenvalue weighted by molar-refractivity contribution is 7.12. The Balaban J connectivity index is 2.37. The molecule has 0 atom stereocenters. The summed E-state index contributed by atoms with van der Waals surface area (Å²) in [6, 6.07) is 0.717. The largest absolute Gasteiger partial charge is 0.483 e. The molecule has 18 heavy (non-hydrogen) atoms. The molecule has 0 aromatic carbocycles. The molecule has 1 aromatic heterocycles. The number of carboxylic acid groups (broad SMARTS) is 1. The Morgan fingerprint density at radius 1 is 1.44 bits per heavy atom. The van der Waals surface area contributed by atoms with Crippen molar-refractivity contribution >= 4 is 29.2 Å². The zero-order chi connectivity index (χ0) is 13.5. The number of amides is 3. The second kappa shape index (κ2) is 6.60. The fourth-order valence-corrected chi connectivity index (χ4v) is 1.69. The Bertz CT molecular complexity index is 457. The molecule has 0 unspecified atom stereocenters. The maximum absolute atomic E-state index is 11.2. The number of ether oxygens (including phenoxy) is 1. The number of carbonyl (C=O) groups excluding carboxylic acids is 2. The van der Waals surface area contributed by atoms with Crippen molar-refractivity contribution in [1.29, 1.82) is 0 Å².